The van der Waals surface area contributed by atoms with Crippen LogP contribution in [0.2, 0.25) is 0 Å². The van der Waals surface area contributed by atoms with Gasteiger partial charge in [-0.25, -0.2) is 0 Å². The minimum Gasteiger partial charge on any atom is -0.392 e. The molecule has 0 aliphatic rings. The fourth-order valence-corrected chi connectivity index (χ4v) is 3.17. The molecular weight excluding hydrogens is 302 g/mol. The summed E-state index contributed by atoms with van der Waals surface area (Å²) >= 11 is 0. The molecule has 0 aromatic heterocycles. The minimum atomic E-state index is -0.735. The van der Waals surface area contributed by atoms with Crippen molar-refractivity contribution >= 4 is 0 Å². The highest BCUT2D eigenvalue weighted by atomic mass is 16.3. The van der Waals surface area contributed by atoms with Crippen molar-refractivity contribution in [3.63, 3.8) is 0 Å². The van der Waals surface area contributed by atoms with Gasteiger partial charge in [0, 0.05) is 6.54 Å². The highest BCUT2D eigenvalue weighted by molar-refractivity contribution is 4.66. The van der Waals surface area contributed by atoms with Gasteiger partial charge in [0.25, 0.3) is 0 Å². The van der Waals surface area contributed by atoms with Crippen LogP contribution in [0.4, 0.5) is 0 Å². The molecular formula is C20H43NO3. The zero-order valence-electron chi connectivity index (χ0n) is 16.4. The Labute approximate surface area is 150 Å². The van der Waals surface area contributed by atoms with Crippen LogP contribution in [0.1, 0.15) is 104 Å². The number of hydrogen-bond donors (Lipinski definition) is 3. The number of nitrogens with zero attached hydrogens (tertiary/aromatic N) is 1. The van der Waals surface area contributed by atoms with Crippen molar-refractivity contribution in [3.8, 4) is 0 Å². The van der Waals surface area contributed by atoms with E-state index in [0.717, 1.165) is 19.3 Å². The molecule has 0 aromatic rings. The minimum absolute atomic E-state index is 0.327. The van der Waals surface area contributed by atoms with Gasteiger partial charge in [0.15, 0.2) is 0 Å². The monoisotopic (exact) mass is 345 g/mol. The Kier molecular flexibility index (Phi) is 16.2. The van der Waals surface area contributed by atoms with Crippen LogP contribution in [0, 0.1) is 0 Å². The molecule has 24 heavy (non-hydrogen) atoms. The fourth-order valence-electron chi connectivity index (χ4n) is 3.17. The van der Waals surface area contributed by atoms with E-state index in [9.17, 15) is 15.3 Å². The summed E-state index contributed by atoms with van der Waals surface area (Å²) in [6, 6.07) is 0. The molecule has 0 radical (unpaired) electrons. The number of hydrogen-bond acceptors (Lipinski definition) is 4. The molecule has 0 aliphatic heterocycles. The Morgan fingerprint density at radius 1 is 0.625 bits per heavy atom. The summed E-state index contributed by atoms with van der Waals surface area (Å²) in [6.45, 7) is 5.81. The van der Waals surface area contributed by atoms with Crippen LogP contribution >= 0.6 is 0 Å². The molecule has 146 valence electrons. The second-order valence-electron chi connectivity index (χ2n) is 7.29. The largest absolute Gasteiger partial charge is 0.392 e. The average molecular weight is 346 g/mol. The molecule has 0 fully saturated rings. The van der Waals surface area contributed by atoms with Crippen LogP contribution in [0.5, 0.6) is 0 Å². The SMILES string of the molecule is CCCCCCCCCCCCCCC(O)CN(C(C)O)C(C)O. The predicted octanol–water partition coefficient (Wildman–Crippen LogP) is 4.42. The van der Waals surface area contributed by atoms with E-state index in [-0.39, 0.29) is 0 Å². The van der Waals surface area contributed by atoms with Gasteiger partial charge < -0.3 is 15.3 Å². The Hall–Kier alpha value is -0.160. The smallest absolute Gasteiger partial charge is 0.106 e. The van der Waals surface area contributed by atoms with Crippen LogP contribution in [0.15, 0.2) is 0 Å². The van der Waals surface area contributed by atoms with Gasteiger partial charge in [-0.05, 0) is 20.3 Å². The zero-order chi connectivity index (χ0) is 18.2. The van der Waals surface area contributed by atoms with Gasteiger partial charge in [0.1, 0.15) is 12.5 Å². The van der Waals surface area contributed by atoms with Gasteiger partial charge in [0.05, 0.1) is 6.10 Å². The summed E-state index contributed by atoms with van der Waals surface area (Å²) in [7, 11) is 0. The molecule has 3 unspecified atom stereocenters. The summed E-state index contributed by atoms with van der Waals surface area (Å²) in [5.74, 6) is 0. The first kappa shape index (κ1) is 23.8. The maximum absolute atomic E-state index is 10.0. The molecule has 4 heteroatoms. The molecule has 0 spiro atoms. The Bertz CT molecular complexity index is 251. The topological polar surface area (TPSA) is 63.9 Å². The summed E-state index contributed by atoms with van der Waals surface area (Å²) in [4.78, 5) is 1.51. The highest BCUT2D eigenvalue weighted by Crippen LogP contribution is 2.13. The molecule has 0 heterocycles. The van der Waals surface area contributed by atoms with Crippen molar-refractivity contribution in [2.45, 2.75) is 123 Å². The molecule has 0 bridgehead atoms. The molecule has 0 saturated heterocycles. The van der Waals surface area contributed by atoms with Crippen LogP contribution in [0.25, 0.3) is 0 Å². The second kappa shape index (κ2) is 16.3. The van der Waals surface area contributed by atoms with Crippen molar-refractivity contribution in [1.29, 1.82) is 0 Å². The van der Waals surface area contributed by atoms with E-state index < -0.39 is 18.6 Å². The lowest BCUT2D eigenvalue weighted by Crippen LogP contribution is -2.44. The quantitative estimate of drug-likeness (QED) is 0.270. The van der Waals surface area contributed by atoms with E-state index in [1.54, 1.807) is 13.8 Å². The number of unbranched alkanes of at least 4 members (excludes halogenated alkanes) is 11. The van der Waals surface area contributed by atoms with Crippen molar-refractivity contribution in [1.82, 2.24) is 4.90 Å². The number of aliphatic hydroxyl groups is 3. The predicted molar refractivity (Wildman–Crippen MR) is 102 cm³/mol. The Balaban J connectivity index is 3.40. The van der Waals surface area contributed by atoms with Gasteiger partial charge in [-0.2, -0.15) is 0 Å². The van der Waals surface area contributed by atoms with Gasteiger partial charge in [-0.3, -0.25) is 4.90 Å². The highest BCUT2D eigenvalue weighted by Gasteiger charge is 2.19. The second-order valence-corrected chi connectivity index (χ2v) is 7.29. The number of aliphatic hydroxyl groups excluding tert-OH is 3. The first-order chi connectivity index (χ1) is 11.5. The zero-order valence-corrected chi connectivity index (χ0v) is 16.4. The van der Waals surface area contributed by atoms with E-state index in [0.29, 0.717) is 6.54 Å². The van der Waals surface area contributed by atoms with Crippen LogP contribution in [-0.2, 0) is 0 Å². The lowest BCUT2D eigenvalue weighted by Gasteiger charge is -2.30. The van der Waals surface area contributed by atoms with Crippen molar-refractivity contribution < 1.29 is 15.3 Å². The van der Waals surface area contributed by atoms with Crippen molar-refractivity contribution in [2.24, 2.45) is 0 Å². The molecule has 3 N–H and O–H groups in total. The third-order valence-electron chi connectivity index (χ3n) is 4.77. The van der Waals surface area contributed by atoms with Gasteiger partial charge in [0.2, 0.25) is 0 Å². The van der Waals surface area contributed by atoms with Crippen molar-refractivity contribution in [3.05, 3.63) is 0 Å². The van der Waals surface area contributed by atoms with E-state index in [1.165, 1.54) is 69.1 Å². The summed E-state index contributed by atoms with van der Waals surface area (Å²) in [6.07, 6.45) is 14.5. The maximum Gasteiger partial charge on any atom is 0.106 e. The molecule has 3 atom stereocenters. The standard InChI is InChI=1S/C20H43NO3/c1-4-5-6-7-8-9-10-11-12-13-14-15-16-20(24)17-21(18(2)22)19(3)23/h18-20,22-24H,4-17H2,1-3H3. The van der Waals surface area contributed by atoms with Gasteiger partial charge >= 0.3 is 0 Å². The third kappa shape index (κ3) is 14.2. The van der Waals surface area contributed by atoms with Crippen LogP contribution < -0.4 is 0 Å². The summed E-state index contributed by atoms with van der Waals surface area (Å²) in [5.41, 5.74) is 0. The molecule has 0 rings (SSSR count). The molecule has 4 nitrogen and oxygen atoms in total. The first-order valence-electron chi connectivity index (χ1n) is 10.3. The molecule has 0 saturated carbocycles. The molecule has 0 aliphatic carbocycles. The summed E-state index contributed by atoms with van der Waals surface area (Å²) < 4.78 is 0. The van der Waals surface area contributed by atoms with E-state index in [2.05, 4.69) is 6.92 Å². The van der Waals surface area contributed by atoms with Crippen LogP contribution in [0.3, 0.4) is 0 Å². The average Bonchev–Trinajstić information content (AvgIpc) is 2.53. The van der Waals surface area contributed by atoms with E-state index in [1.807, 2.05) is 0 Å². The Morgan fingerprint density at radius 3 is 1.38 bits per heavy atom. The number of rotatable bonds is 17. The maximum atomic E-state index is 10.0. The molecule has 0 amide bonds. The summed E-state index contributed by atoms with van der Waals surface area (Å²) in [5, 5.41) is 29.1. The van der Waals surface area contributed by atoms with Gasteiger partial charge in [-0.15, -0.1) is 0 Å². The lowest BCUT2D eigenvalue weighted by atomic mass is 10.0. The fraction of sp³-hybridized carbons (Fsp3) is 1.00. The lowest BCUT2D eigenvalue weighted by molar-refractivity contribution is -0.101. The molecule has 0 aromatic carbocycles. The van der Waals surface area contributed by atoms with Gasteiger partial charge in [-0.1, -0.05) is 84.0 Å². The first-order valence-corrected chi connectivity index (χ1v) is 10.3. The Morgan fingerprint density at radius 2 is 1.00 bits per heavy atom. The third-order valence-corrected chi connectivity index (χ3v) is 4.77. The van der Waals surface area contributed by atoms with E-state index in [4.69, 9.17) is 0 Å². The van der Waals surface area contributed by atoms with E-state index >= 15 is 0 Å². The van der Waals surface area contributed by atoms with Crippen molar-refractivity contribution in [2.75, 3.05) is 6.54 Å². The van der Waals surface area contributed by atoms with Crippen LogP contribution in [-0.4, -0.2) is 45.3 Å². The normalized spacial score (nSPS) is 15.6.